The summed E-state index contributed by atoms with van der Waals surface area (Å²) in [5.41, 5.74) is -0.543. The molecule has 0 aromatic rings. The van der Waals surface area contributed by atoms with E-state index in [1.165, 1.54) is 0 Å². The van der Waals surface area contributed by atoms with Gasteiger partial charge >= 0.3 is 5.97 Å². The van der Waals surface area contributed by atoms with Crippen LogP contribution in [0.25, 0.3) is 0 Å². The molecule has 0 fully saturated rings. The number of rotatable bonds is 3. The molecule has 0 aliphatic heterocycles. The molecular weight excluding hydrogens is 142 g/mol. The molecule has 0 aromatic carbocycles. The van der Waals surface area contributed by atoms with Crippen molar-refractivity contribution in [2.75, 3.05) is 0 Å². The molecule has 0 bridgehead atoms. The zero-order valence-electron chi connectivity index (χ0n) is 7.09. The van der Waals surface area contributed by atoms with Crippen molar-refractivity contribution in [1.29, 1.82) is 5.26 Å². The highest BCUT2D eigenvalue weighted by molar-refractivity contribution is 5.67. The highest BCUT2D eigenvalue weighted by Gasteiger charge is 2.26. The van der Waals surface area contributed by atoms with E-state index in [0.29, 0.717) is 0 Å². The smallest absolute Gasteiger partial charge is 0.303 e. The SMILES string of the molecule is CC(CC(=O)O)C(C)(C)C#N. The lowest BCUT2D eigenvalue weighted by Gasteiger charge is -2.22. The van der Waals surface area contributed by atoms with E-state index in [9.17, 15) is 4.79 Å². The van der Waals surface area contributed by atoms with Crippen LogP contribution in [0.4, 0.5) is 0 Å². The zero-order valence-corrected chi connectivity index (χ0v) is 7.09. The minimum atomic E-state index is -0.846. The molecular formula is C8H13NO2. The van der Waals surface area contributed by atoms with Gasteiger partial charge in [0.25, 0.3) is 0 Å². The topological polar surface area (TPSA) is 61.1 Å². The lowest BCUT2D eigenvalue weighted by Crippen LogP contribution is -2.21. The van der Waals surface area contributed by atoms with Crippen molar-refractivity contribution in [2.24, 2.45) is 11.3 Å². The Morgan fingerprint density at radius 2 is 2.18 bits per heavy atom. The van der Waals surface area contributed by atoms with E-state index in [1.807, 2.05) is 0 Å². The summed E-state index contributed by atoms with van der Waals surface area (Å²) >= 11 is 0. The summed E-state index contributed by atoms with van der Waals surface area (Å²) < 4.78 is 0. The third kappa shape index (κ3) is 3.03. The predicted octanol–water partition coefficient (Wildman–Crippen LogP) is 1.65. The molecule has 1 unspecified atom stereocenters. The second-order valence-electron chi connectivity index (χ2n) is 3.33. The Morgan fingerprint density at radius 3 is 2.45 bits per heavy atom. The van der Waals surface area contributed by atoms with Crippen LogP contribution in [0.5, 0.6) is 0 Å². The minimum Gasteiger partial charge on any atom is -0.481 e. The van der Waals surface area contributed by atoms with Crippen molar-refractivity contribution in [1.82, 2.24) is 0 Å². The van der Waals surface area contributed by atoms with Crippen molar-refractivity contribution in [3.8, 4) is 6.07 Å². The maximum Gasteiger partial charge on any atom is 0.303 e. The largest absolute Gasteiger partial charge is 0.481 e. The van der Waals surface area contributed by atoms with Crippen LogP contribution >= 0.6 is 0 Å². The Labute approximate surface area is 66.6 Å². The number of carbonyl (C=O) groups is 1. The van der Waals surface area contributed by atoms with Crippen molar-refractivity contribution < 1.29 is 9.90 Å². The summed E-state index contributed by atoms with van der Waals surface area (Å²) in [6.07, 6.45) is 0.0561. The third-order valence-electron chi connectivity index (χ3n) is 2.00. The maximum atomic E-state index is 10.3. The van der Waals surface area contributed by atoms with E-state index in [4.69, 9.17) is 10.4 Å². The average Bonchev–Trinajstić information content (AvgIpc) is 1.86. The van der Waals surface area contributed by atoms with Crippen LogP contribution in [-0.2, 0) is 4.79 Å². The van der Waals surface area contributed by atoms with Gasteiger partial charge in [0.05, 0.1) is 11.5 Å². The summed E-state index contributed by atoms with van der Waals surface area (Å²) in [6.45, 7) is 5.28. The lowest BCUT2D eigenvalue weighted by molar-refractivity contribution is -0.138. The van der Waals surface area contributed by atoms with Crippen molar-refractivity contribution in [3.63, 3.8) is 0 Å². The van der Waals surface area contributed by atoms with Gasteiger partial charge in [0.1, 0.15) is 0 Å². The number of nitrogens with zero attached hydrogens (tertiary/aromatic N) is 1. The number of aliphatic carboxylic acids is 1. The van der Waals surface area contributed by atoms with Gasteiger partial charge < -0.3 is 5.11 Å². The number of hydrogen-bond donors (Lipinski definition) is 1. The first kappa shape index (κ1) is 9.96. The highest BCUT2D eigenvalue weighted by Crippen LogP contribution is 2.27. The number of carboxylic acid groups (broad SMARTS) is 1. The summed E-state index contributed by atoms with van der Waals surface area (Å²) in [4.78, 5) is 10.3. The van der Waals surface area contributed by atoms with Gasteiger partial charge in [0.15, 0.2) is 0 Å². The van der Waals surface area contributed by atoms with Crippen LogP contribution in [0.3, 0.4) is 0 Å². The minimum absolute atomic E-state index is 0.0561. The van der Waals surface area contributed by atoms with Gasteiger partial charge in [-0.05, 0) is 19.8 Å². The molecule has 0 aliphatic rings. The predicted molar refractivity (Wildman–Crippen MR) is 40.8 cm³/mol. The van der Waals surface area contributed by atoms with Crippen LogP contribution in [-0.4, -0.2) is 11.1 Å². The van der Waals surface area contributed by atoms with E-state index in [2.05, 4.69) is 6.07 Å². The van der Waals surface area contributed by atoms with E-state index in [1.54, 1.807) is 20.8 Å². The molecule has 0 rings (SSSR count). The Bertz CT molecular complexity index is 191. The summed E-state index contributed by atoms with van der Waals surface area (Å²) in [5.74, 6) is -0.953. The van der Waals surface area contributed by atoms with Crippen LogP contribution in [0.2, 0.25) is 0 Å². The highest BCUT2D eigenvalue weighted by atomic mass is 16.4. The maximum absolute atomic E-state index is 10.3. The fraction of sp³-hybridized carbons (Fsp3) is 0.750. The molecule has 0 spiro atoms. The Morgan fingerprint density at radius 1 is 1.73 bits per heavy atom. The zero-order chi connectivity index (χ0) is 9.07. The second-order valence-corrected chi connectivity index (χ2v) is 3.33. The molecule has 0 aliphatic carbocycles. The van der Waals surface area contributed by atoms with Crippen LogP contribution < -0.4 is 0 Å². The van der Waals surface area contributed by atoms with Crippen molar-refractivity contribution in [2.45, 2.75) is 27.2 Å². The van der Waals surface area contributed by atoms with Crippen molar-refractivity contribution >= 4 is 5.97 Å². The third-order valence-corrected chi connectivity index (χ3v) is 2.00. The molecule has 1 atom stereocenters. The molecule has 3 nitrogen and oxygen atoms in total. The van der Waals surface area contributed by atoms with Gasteiger partial charge in [-0.3, -0.25) is 4.79 Å². The monoisotopic (exact) mass is 155 g/mol. The van der Waals surface area contributed by atoms with Crippen LogP contribution in [0.1, 0.15) is 27.2 Å². The Balaban J connectivity index is 4.15. The molecule has 0 aromatic heterocycles. The van der Waals surface area contributed by atoms with Gasteiger partial charge in [-0.15, -0.1) is 0 Å². The van der Waals surface area contributed by atoms with E-state index in [0.717, 1.165) is 0 Å². The number of nitriles is 1. The molecule has 0 saturated heterocycles. The van der Waals surface area contributed by atoms with Crippen molar-refractivity contribution in [3.05, 3.63) is 0 Å². The first-order valence-electron chi connectivity index (χ1n) is 3.53. The number of carboxylic acids is 1. The fourth-order valence-corrected chi connectivity index (χ4v) is 0.627. The van der Waals surface area contributed by atoms with E-state index in [-0.39, 0.29) is 12.3 Å². The Kier molecular flexibility index (Phi) is 3.06. The van der Waals surface area contributed by atoms with E-state index < -0.39 is 11.4 Å². The molecule has 62 valence electrons. The first-order valence-corrected chi connectivity index (χ1v) is 3.53. The van der Waals surface area contributed by atoms with Crippen LogP contribution in [0, 0.1) is 22.7 Å². The van der Waals surface area contributed by atoms with Gasteiger partial charge in [-0.1, -0.05) is 6.92 Å². The molecule has 3 heteroatoms. The average molecular weight is 155 g/mol. The van der Waals surface area contributed by atoms with Gasteiger partial charge in [0.2, 0.25) is 0 Å². The summed E-state index contributed by atoms with van der Waals surface area (Å²) in [6, 6.07) is 2.08. The number of hydrogen-bond acceptors (Lipinski definition) is 2. The fourth-order valence-electron chi connectivity index (χ4n) is 0.627. The normalized spacial score (nSPS) is 13.6. The quantitative estimate of drug-likeness (QED) is 0.674. The van der Waals surface area contributed by atoms with Gasteiger partial charge in [0, 0.05) is 6.42 Å². The lowest BCUT2D eigenvalue weighted by atomic mass is 9.80. The summed E-state index contributed by atoms with van der Waals surface area (Å²) in [7, 11) is 0. The van der Waals surface area contributed by atoms with Gasteiger partial charge in [-0.2, -0.15) is 5.26 Å². The molecule has 11 heavy (non-hydrogen) atoms. The molecule has 1 N–H and O–H groups in total. The second kappa shape index (κ2) is 3.38. The van der Waals surface area contributed by atoms with E-state index >= 15 is 0 Å². The van der Waals surface area contributed by atoms with Gasteiger partial charge in [-0.25, -0.2) is 0 Å². The first-order chi connectivity index (χ1) is 4.90. The summed E-state index contributed by atoms with van der Waals surface area (Å²) in [5, 5.41) is 17.1. The van der Waals surface area contributed by atoms with Crippen LogP contribution in [0.15, 0.2) is 0 Å². The molecule has 0 heterocycles. The Hall–Kier alpha value is -1.04. The molecule has 0 saturated carbocycles. The standard InChI is InChI=1S/C8H13NO2/c1-6(4-7(10)11)8(2,3)5-9/h6H,4H2,1-3H3,(H,10,11). The molecule has 0 radical (unpaired) electrons. The molecule has 0 amide bonds.